The fraction of sp³-hybridized carbons (Fsp3) is 0.500. The van der Waals surface area contributed by atoms with Crippen molar-refractivity contribution in [3.05, 3.63) is 54.1 Å². The Hall–Kier alpha value is -2.74. The molecular weight excluding hydrogens is 450 g/mol. The van der Waals surface area contributed by atoms with Crippen molar-refractivity contribution < 1.29 is 17.9 Å². The third-order valence-electron chi connectivity index (χ3n) is 6.32. The molecule has 34 heavy (non-hydrogen) atoms. The first-order valence-electron chi connectivity index (χ1n) is 11.9. The number of benzene rings is 2. The average molecular weight is 488 g/mol. The molecular formula is C26H37N3O4S. The maximum absolute atomic E-state index is 12.5. The normalized spacial score (nSPS) is 17.2. The van der Waals surface area contributed by atoms with Gasteiger partial charge in [0.1, 0.15) is 5.75 Å². The van der Waals surface area contributed by atoms with Gasteiger partial charge in [-0.2, -0.15) is 0 Å². The van der Waals surface area contributed by atoms with Crippen LogP contribution in [-0.2, 0) is 14.8 Å². The Kier molecular flexibility index (Phi) is 8.83. The monoisotopic (exact) mass is 487 g/mol. The Balaban J connectivity index is 1.51. The van der Waals surface area contributed by atoms with E-state index < -0.39 is 10.0 Å². The molecule has 0 radical (unpaired) electrons. The summed E-state index contributed by atoms with van der Waals surface area (Å²) in [4.78, 5) is 15.0. The molecule has 1 fully saturated rings. The number of amides is 1. The Morgan fingerprint density at radius 1 is 1.18 bits per heavy atom. The summed E-state index contributed by atoms with van der Waals surface area (Å²) in [6, 6.07) is 15.2. The lowest BCUT2D eigenvalue weighted by atomic mass is 9.99. The molecule has 186 valence electrons. The number of sulfonamides is 1. The number of methoxy groups -OCH3 is 1. The number of anilines is 2. The molecule has 1 aliphatic heterocycles. The highest BCUT2D eigenvalue weighted by Gasteiger charge is 2.19. The lowest BCUT2D eigenvalue weighted by molar-refractivity contribution is -0.121. The number of rotatable bonds is 10. The van der Waals surface area contributed by atoms with Crippen LogP contribution < -0.4 is 19.3 Å². The maximum atomic E-state index is 12.5. The number of nitrogens with zero attached hydrogens (tertiary/aromatic N) is 2. The molecule has 2 aromatic rings. The van der Waals surface area contributed by atoms with Crippen molar-refractivity contribution in [2.45, 2.75) is 45.6 Å². The summed E-state index contributed by atoms with van der Waals surface area (Å²) in [5, 5.41) is 3.03. The first kappa shape index (κ1) is 25.9. The van der Waals surface area contributed by atoms with Crippen molar-refractivity contribution in [1.29, 1.82) is 0 Å². The van der Waals surface area contributed by atoms with Gasteiger partial charge in [0.2, 0.25) is 15.9 Å². The van der Waals surface area contributed by atoms with Gasteiger partial charge >= 0.3 is 0 Å². The van der Waals surface area contributed by atoms with E-state index in [4.69, 9.17) is 4.74 Å². The molecule has 2 atom stereocenters. The zero-order valence-corrected chi connectivity index (χ0v) is 21.5. The summed E-state index contributed by atoms with van der Waals surface area (Å²) in [6.07, 6.45) is 4.36. The van der Waals surface area contributed by atoms with E-state index in [-0.39, 0.29) is 24.9 Å². The van der Waals surface area contributed by atoms with E-state index in [1.54, 1.807) is 31.4 Å². The van der Waals surface area contributed by atoms with Crippen molar-refractivity contribution in [3.63, 3.8) is 0 Å². The molecule has 8 heteroatoms. The van der Waals surface area contributed by atoms with Crippen LogP contribution in [0.4, 0.5) is 11.4 Å². The van der Waals surface area contributed by atoms with E-state index in [0.717, 1.165) is 24.6 Å². The summed E-state index contributed by atoms with van der Waals surface area (Å²) < 4.78 is 31.0. The lowest BCUT2D eigenvalue weighted by Crippen LogP contribution is -2.34. The van der Waals surface area contributed by atoms with Crippen LogP contribution in [0.5, 0.6) is 5.75 Å². The topological polar surface area (TPSA) is 79.0 Å². The minimum atomic E-state index is -3.46. The number of nitrogens with one attached hydrogen (secondary N) is 1. The van der Waals surface area contributed by atoms with Crippen LogP contribution in [-0.4, -0.2) is 47.3 Å². The van der Waals surface area contributed by atoms with E-state index in [1.807, 2.05) is 6.92 Å². The molecule has 1 N–H and O–H groups in total. The Morgan fingerprint density at radius 3 is 2.44 bits per heavy atom. The van der Waals surface area contributed by atoms with Gasteiger partial charge in [-0.3, -0.25) is 9.10 Å². The molecule has 1 amide bonds. The Labute approximate surface area is 204 Å². The van der Waals surface area contributed by atoms with Gasteiger partial charge in [-0.05, 0) is 74.1 Å². The van der Waals surface area contributed by atoms with Gasteiger partial charge in [0.15, 0.2) is 0 Å². The zero-order valence-electron chi connectivity index (χ0n) is 20.7. The Bertz CT molecular complexity index is 1040. The fourth-order valence-corrected chi connectivity index (χ4v) is 5.38. The minimum absolute atomic E-state index is 0.0930. The van der Waals surface area contributed by atoms with Gasteiger partial charge in [0.05, 0.1) is 25.1 Å². The molecule has 2 aromatic carbocycles. The predicted octanol–water partition coefficient (Wildman–Crippen LogP) is 4.36. The summed E-state index contributed by atoms with van der Waals surface area (Å²) in [6.45, 7) is 6.68. The molecule has 0 saturated carbocycles. The summed E-state index contributed by atoms with van der Waals surface area (Å²) >= 11 is 0. The summed E-state index contributed by atoms with van der Waals surface area (Å²) in [5.74, 6) is 1.28. The van der Waals surface area contributed by atoms with Gasteiger partial charge in [-0.15, -0.1) is 0 Å². The van der Waals surface area contributed by atoms with Gasteiger partial charge in [0, 0.05) is 31.7 Å². The second kappa shape index (κ2) is 11.6. The van der Waals surface area contributed by atoms with Crippen molar-refractivity contribution in [1.82, 2.24) is 5.32 Å². The fourth-order valence-electron chi connectivity index (χ4n) is 4.41. The number of carbonyl (C=O) groups excluding carboxylic acids is 1. The number of carbonyl (C=O) groups is 1. The van der Waals surface area contributed by atoms with Crippen LogP contribution in [0, 0.1) is 5.92 Å². The maximum Gasteiger partial charge on any atom is 0.232 e. The van der Waals surface area contributed by atoms with Crippen molar-refractivity contribution >= 4 is 27.3 Å². The van der Waals surface area contributed by atoms with Gasteiger partial charge in [-0.25, -0.2) is 8.42 Å². The molecule has 1 saturated heterocycles. The number of piperidine rings is 1. The average Bonchev–Trinajstić information content (AvgIpc) is 2.81. The van der Waals surface area contributed by atoms with Crippen molar-refractivity contribution in [2.75, 3.05) is 42.2 Å². The first-order chi connectivity index (χ1) is 16.2. The highest BCUT2D eigenvalue weighted by Crippen LogP contribution is 2.25. The summed E-state index contributed by atoms with van der Waals surface area (Å²) in [5.41, 5.74) is 2.84. The van der Waals surface area contributed by atoms with Crippen molar-refractivity contribution in [2.24, 2.45) is 5.92 Å². The number of hydrogen-bond donors (Lipinski definition) is 1. The second-order valence-electron chi connectivity index (χ2n) is 9.21. The van der Waals surface area contributed by atoms with E-state index in [0.29, 0.717) is 17.9 Å². The smallest absolute Gasteiger partial charge is 0.232 e. The molecule has 0 bridgehead atoms. The van der Waals surface area contributed by atoms with Crippen LogP contribution in [0.3, 0.4) is 0 Å². The van der Waals surface area contributed by atoms with Crippen LogP contribution in [0.15, 0.2) is 48.5 Å². The van der Waals surface area contributed by atoms with Crippen LogP contribution in [0.2, 0.25) is 0 Å². The molecule has 0 aliphatic carbocycles. The lowest BCUT2D eigenvalue weighted by Gasteiger charge is -2.33. The van der Waals surface area contributed by atoms with E-state index >= 15 is 0 Å². The van der Waals surface area contributed by atoms with E-state index in [1.165, 1.54) is 29.1 Å². The SMILES string of the molecule is COc1ccc(N(CCCC(=O)NC(C)c2ccc(N3CCCC(C)C3)cc2)S(C)(=O)=O)cc1. The van der Waals surface area contributed by atoms with Crippen molar-refractivity contribution in [3.8, 4) is 5.75 Å². The zero-order chi connectivity index (χ0) is 24.7. The molecule has 0 spiro atoms. The standard InChI is InChI=1S/C26H37N3O4S/c1-20-7-5-17-28(19-20)23-11-9-22(10-12-23)21(2)27-26(30)8-6-18-29(34(4,31)32)24-13-15-25(33-3)16-14-24/h9-16,20-21H,5-8,17-19H2,1-4H3,(H,27,30). The molecule has 3 rings (SSSR count). The van der Waals surface area contributed by atoms with E-state index in [2.05, 4.69) is 41.4 Å². The van der Waals surface area contributed by atoms with Gasteiger partial charge in [-0.1, -0.05) is 19.1 Å². The molecule has 1 heterocycles. The number of hydrogen-bond acceptors (Lipinski definition) is 5. The van der Waals surface area contributed by atoms with Gasteiger partial charge < -0.3 is 15.0 Å². The molecule has 7 nitrogen and oxygen atoms in total. The minimum Gasteiger partial charge on any atom is -0.497 e. The highest BCUT2D eigenvalue weighted by atomic mass is 32.2. The highest BCUT2D eigenvalue weighted by molar-refractivity contribution is 7.92. The second-order valence-corrected chi connectivity index (χ2v) is 11.1. The third-order valence-corrected chi connectivity index (χ3v) is 7.51. The van der Waals surface area contributed by atoms with Crippen LogP contribution in [0.25, 0.3) is 0 Å². The van der Waals surface area contributed by atoms with Crippen LogP contribution >= 0.6 is 0 Å². The third kappa shape index (κ3) is 7.13. The predicted molar refractivity (Wildman–Crippen MR) is 138 cm³/mol. The largest absolute Gasteiger partial charge is 0.497 e. The molecule has 1 aliphatic rings. The van der Waals surface area contributed by atoms with E-state index in [9.17, 15) is 13.2 Å². The summed E-state index contributed by atoms with van der Waals surface area (Å²) in [7, 11) is -1.90. The quantitative estimate of drug-likeness (QED) is 0.539. The number of ether oxygens (including phenoxy) is 1. The molecule has 0 aromatic heterocycles. The van der Waals surface area contributed by atoms with Gasteiger partial charge in [0.25, 0.3) is 0 Å². The first-order valence-corrected chi connectivity index (χ1v) is 13.8. The molecule has 2 unspecified atom stereocenters. The Morgan fingerprint density at radius 2 is 1.85 bits per heavy atom. The van der Waals surface area contributed by atoms with Crippen LogP contribution in [0.1, 0.15) is 51.1 Å².